The molecule has 0 atom stereocenters. The molecule has 1 amide bonds. The van der Waals surface area contributed by atoms with Crippen molar-refractivity contribution in [2.45, 2.75) is 27.7 Å². The highest BCUT2D eigenvalue weighted by Crippen LogP contribution is 2.40. The van der Waals surface area contributed by atoms with Crippen LogP contribution in [-0.4, -0.2) is 24.0 Å². The van der Waals surface area contributed by atoms with E-state index in [0.29, 0.717) is 12.4 Å². The molecule has 0 saturated carbocycles. The Kier molecular flexibility index (Phi) is 5.98. The number of aromatic nitrogens is 1. The standard InChI is InChI=1S/C14H12N4OS.2C2H6/c15-10-4-1-7-8(18-10)2-3-9-11(7)12-13(20-9)14(19)17-6-5-16-12;2*1-2/h1-4,16H,5-6H2,(H2,15,18)(H,17,19);2*1-2H3. The molecule has 0 fully saturated rings. The number of nitrogens with zero attached hydrogens (tertiary/aromatic N) is 1. The van der Waals surface area contributed by atoms with Crippen molar-refractivity contribution in [3.05, 3.63) is 29.1 Å². The van der Waals surface area contributed by atoms with Crippen molar-refractivity contribution in [2.24, 2.45) is 0 Å². The molecule has 0 bridgehead atoms. The molecule has 24 heavy (non-hydrogen) atoms. The Morgan fingerprint density at radius 1 is 1.04 bits per heavy atom. The van der Waals surface area contributed by atoms with Gasteiger partial charge in [-0.2, -0.15) is 0 Å². The topological polar surface area (TPSA) is 80.0 Å². The molecule has 1 aliphatic heterocycles. The number of thiophene rings is 1. The molecule has 4 N–H and O–H groups in total. The molecule has 2 aromatic heterocycles. The predicted octanol–water partition coefficient (Wildman–Crippen LogP) is 4.24. The molecule has 0 aliphatic carbocycles. The van der Waals surface area contributed by atoms with E-state index in [0.717, 1.165) is 38.1 Å². The molecular formula is C18H24N4OS. The zero-order valence-corrected chi connectivity index (χ0v) is 15.4. The van der Waals surface area contributed by atoms with Crippen LogP contribution in [0, 0.1) is 0 Å². The van der Waals surface area contributed by atoms with Crippen molar-refractivity contribution < 1.29 is 4.79 Å². The average molecular weight is 344 g/mol. The third kappa shape index (κ3) is 3.14. The average Bonchev–Trinajstić information content (AvgIpc) is 2.91. The monoisotopic (exact) mass is 344 g/mol. The first-order chi connectivity index (χ1) is 11.7. The number of nitrogens with one attached hydrogen (secondary N) is 2. The number of carbonyl (C=O) groups excluding carboxylic acids is 1. The summed E-state index contributed by atoms with van der Waals surface area (Å²) in [6, 6.07) is 7.71. The Morgan fingerprint density at radius 2 is 1.75 bits per heavy atom. The van der Waals surface area contributed by atoms with Crippen LogP contribution < -0.4 is 16.4 Å². The van der Waals surface area contributed by atoms with Crippen molar-refractivity contribution >= 4 is 49.7 Å². The maximum absolute atomic E-state index is 12.1. The van der Waals surface area contributed by atoms with Gasteiger partial charge >= 0.3 is 0 Å². The van der Waals surface area contributed by atoms with Gasteiger partial charge in [0, 0.05) is 28.6 Å². The summed E-state index contributed by atoms with van der Waals surface area (Å²) < 4.78 is 1.08. The Morgan fingerprint density at radius 3 is 2.50 bits per heavy atom. The van der Waals surface area contributed by atoms with Crippen molar-refractivity contribution in [3.8, 4) is 0 Å². The Balaban J connectivity index is 0.000000487. The molecule has 0 spiro atoms. The largest absolute Gasteiger partial charge is 0.384 e. The summed E-state index contributed by atoms with van der Waals surface area (Å²) in [6.07, 6.45) is 0. The van der Waals surface area contributed by atoms with Gasteiger partial charge in [0.05, 0.1) is 11.2 Å². The smallest absolute Gasteiger partial charge is 0.263 e. The second kappa shape index (κ2) is 7.97. The highest BCUT2D eigenvalue weighted by atomic mass is 32.1. The number of nitrogens with two attached hydrogens (primary N) is 1. The molecule has 1 aliphatic rings. The maximum atomic E-state index is 12.1. The van der Waals surface area contributed by atoms with Gasteiger partial charge in [0.1, 0.15) is 10.7 Å². The van der Waals surface area contributed by atoms with Crippen LogP contribution in [0.25, 0.3) is 21.0 Å². The summed E-state index contributed by atoms with van der Waals surface area (Å²) >= 11 is 1.51. The number of amides is 1. The van der Waals surface area contributed by atoms with E-state index >= 15 is 0 Å². The number of fused-ring (bicyclic) bond motifs is 5. The van der Waals surface area contributed by atoms with E-state index in [9.17, 15) is 4.79 Å². The maximum Gasteiger partial charge on any atom is 0.263 e. The van der Waals surface area contributed by atoms with Crippen LogP contribution in [0.15, 0.2) is 24.3 Å². The fourth-order valence-electron chi connectivity index (χ4n) is 2.59. The Bertz CT molecular complexity index is 857. The third-order valence-corrected chi connectivity index (χ3v) is 4.62. The fraction of sp³-hybridized carbons (Fsp3) is 0.333. The van der Waals surface area contributed by atoms with Gasteiger partial charge in [-0.3, -0.25) is 4.79 Å². The minimum atomic E-state index is -0.0113. The van der Waals surface area contributed by atoms with Crippen molar-refractivity contribution in [1.82, 2.24) is 10.3 Å². The first-order valence-corrected chi connectivity index (χ1v) is 9.19. The van der Waals surface area contributed by atoms with Crippen LogP contribution in [0.4, 0.5) is 11.5 Å². The summed E-state index contributed by atoms with van der Waals surface area (Å²) in [7, 11) is 0. The zero-order chi connectivity index (χ0) is 17.7. The zero-order valence-electron chi connectivity index (χ0n) is 14.6. The SMILES string of the molecule is CC.CC.Nc1ccc2c(ccc3sc4c(c32)NCCNC4=O)n1. The first kappa shape index (κ1) is 18.0. The van der Waals surface area contributed by atoms with Gasteiger partial charge in [0.2, 0.25) is 0 Å². The van der Waals surface area contributed by atoms with E-state index in [1.807, 2.05) is 45.9 Å². The van der Waals surface area contributed by atoms with Crippen molar-refractivity contribution in [2.75, 3.05) is 24.1 Å². The highest BCUT2D eigenvalue weighted by Gasteiger charge is 2.22. The highest BCUT2D eigenvalue weighted by molar-refractivity contribution is 7.21. The number of benzene rings is 1. The van der Waals surface area contributed by atoms with Crippen LogP contribution >= 0.6 is 11.3 Å². The summed E-state index contributed by atoms with van der Waals surface area (Å²) in [5.41, 5.74) is 7.51. The minimum absolute atomic E-state index is 0.0113. The number of anilines is 2. The molecular weight excluding hydrogens is 320 g/mol. The van der Waals surface area contributed by atoms with Crippen LogP contribution in [0.3, 0.4) is 0 Å². The number of carbonyl (C=O) groups is 1. The number of hydrogen-bond donors (Lipinski definition) is 3. The van der Waals surface area contributed by atoms with Crippen LogP contribution in [-0.2, 0) is 0 Å². The first-order valence-electron chi connectivity index (χ1n) is 8.38. The minimum Gasteiger partial charge on any atom is -0.384 e. The molecule has 128 valence electrons. The van der Waals surface area contributed by atoms with Gasteiger partial charge < -0.3 is 16.4 Å². The van der Waals surface area contributed by atoms with Crippen molar-refractivity contribution in [1.29, 1.82) is 0 Å². The van der Waals surface area contributed by atoms with Gasteiger partial charge in [-0.25, -0.2) is 4.98 Å². The van der Waals surface area contributed by atoms with Crippen LogP contribution in [0.5, 0.6) is 0 Å². The predicted molar refractivity (Wildman–Crippen MR) is 105 cm³/mol. The lowest BCUT2D eigenvalue weighted by Crippen LogP contribution is -2.24. The number of hydrogen-bond acceptors (Lipinski definition) is 5. The molecule has 0 unspecified atom stereocenters. The summed E-state index contributed by atoms with van der Waals surface area (Å²) in [5.74, 6) is 0.492. The quantitative estimate of drug-likeness (QED) is 0.570. The van der Waals surface area contributed by atoms with E-state index in [2.05, 4.69) is 15.6 Å². The molecule has 3 heterocycles. The Hall–Kier alpha value is -2.34. The number of pyridine rings is 1. The van der Waals surface area contributed by atoms with E-state index in [1.54, 1.807) is 6.07 Å². The molecule has 0 saturated heterocycles. The molecule has 0 radical (unpaired) electrons. The summed E-state index contributed by atoms with van der Waals surface area (Å²) in [4.78, 5) is 17.2. The number of rotatable bonds is 0. The van der Waals surface area contributed by atoms with Gasteiger partial charge in [-0.05, 0) is 24.3 Å². The lowest BCUT2D eigenvalue weighted by atomic mass is 10.1. The van der Waals surface area contributed by atoms with Gasteiger partial charge in [-0.15, -0.1) is 11.3 Å². The van der Waals surface area contributed by atoms with Gasteiger partial charge in [0.15, 0.2) is 0 Å². The fourth-order valence-corrected chi connectivity index (χ4v) is 3.70. The summed E-state index contributed by atoms with van der Waals surface area (Å²) in [5, 5.41) is 8.33. The molecule has 3 aromatic rings. The van der Waals surface area contributed by atoms with Crippen molar-refractivity contribution in [3.63, 3.8) is 0 Å². The molecule has 1 aromatic carbocycles. The summed E-state index contributed by atoms with van der Waals surface area (Å²) in [6.45, 7) is 9.36. The second-order valence-corrected chi connectivity index (χ2v) is 5.78. The van der Waals surface area contributed by atoms with Crippen LogP contribution in [0.2, 0.25) is 0 Å². The lowest BCUT2D eigenvalue weighted by molar-refractivity contribution is 0.0962. The van der Waals surface area contributed by atoms with Gasteiger partial charge in [-0.1, -0.05) is 27.7 Å². The Labute approximate surface area is 146 Å². The van der Waals surface area contributed by atoms with E-state index in [-0.39, 0.29) is 5.91 Å². The molecule has 5 nitrogen and oxygen atoms in total. The molecule has 4 rings (SSSR count). The van der Waals surface area contributed by atoms with E-state index < -0.39 is 0 Å². The van der Waals surface area contributed by atoms with Gasteiger partial charge in [0.25, 0.3) is 5.91 Å². The normalized spacial score (nSPS) is 12.8. The molecule has 6 heteroatoms. The lowest BCUT2D eigenvalue weighted by Gasteiger charge is -2.05. The van der Waals surface area contributed by atoms with E-state index in [4.69, 9.17) is 5.73 Å². The van der Waals surface area contributed by atoms with E-state index in [1.165, 1.54) is 11.3 Å². The second-order valence-electron chi connectivity index (χ2n) is 4.73. The number of nitrogen functional groups attached to an aromatic ring is 1. The third-order valence-electron chi connectivity index (χ3n) is 3.46. The van der Waals surface area contributed by atoms with Crippen LogP contribution in [0.1, 0.15) is 37.4 Å².